The first-order valence-corrected chi connectivity index (χ1v) is 6.09. The van der Waals surface area contributed by atoms with E-state index in [2.05, 4.69) is 6.07 Å². The Morgan fingerprint density at radius 3 is 2.71 bits per heavy atom. The Bertz CT molecular complexity index is 563. The first-order chi connectivity index (χ1) is 8.31. The van der Waals surface area contributed by atoms with Crippen LogP contribution in [0.4, 0.5) is 0 Å². The molecular weight excluding hydrogens is 232 g/mol. The minimum atomic E-state index is 0.621. The lowest BCUT2D eigenvalue weighted by Gasteiger charge is -2.04. The maximum atomic E-state index is 11.4. The van der Waals surface area contributed by atoms with Crippen LogP contribution in [0.5, 0.6) is 0 Å². The van der Waals surface area contributed by atoms with Crippen LogP contribution in [0.2, 0.25) is 0 Å². The molecule has 0 amide bonds. The zero-order valence-corrected chi connectivity index (χ0v) is 9.85. The maximum Gasteiger partial charge on any atom is 0.251 e. The standard InChI is InChI=1S/C13H10N2OS/c14-9-11-5-1-2-6-12(11)10-17-13-7-3-4-8-15(13)16/h1-8H,10H2. The van der Waals surface area contributed by atoms with Gasteiger partial charge in [0.2, 0.25) is 0 Å². The molecule has 0 N–H and O–H groups in total. The summed E-state index contributed by atoms with van der Waals surface area (Å²) < 4.78 is 0.833. The summed E-state index contributed by atoms with van der Waals surface area (Å²) in [6, 6.07) is 14.9. The van der Waals surface area contributed by atoms with Crippen molar-refractivity contribution in [1.82, 2.24) is 0 Å². The monoisotopic (exact) mass is 242 g/mol. The van der Waals surface area contributed by atoms with Crippen LogP contribution in [0, 0.1) is 16.5 Å². The molecule has 84 valence electrons. The summed E-state index contributed by atoms with van der Waals surface area (Å²) in [5.74, 6) is 0.621. The third-order valence-electron chi connectivity index (χ3n) is 2.30. The summed E-state index contributed by atoms with van der Waals surface area (Å²) in [6.07, 6.45) is 1.47. The summed E-state index contributed by atoms with van der Waals surface area (Å²) in [7, 11) is 0. The number of nitriles is 1. The highest BCUT2D eigenvalue weighted by Crippen LogP contribution is 2.21. The number of hydrogen-bond acceptors (Lipinski definition) is 3. The van der Waals surface area contributed by atoms with Crippen molar-refractivity contribution in [2.24, 2.45) is 0 Å². The van der Waals surface area contributed by atoms with Gasteiger partial charge in [-0.25, -0.2) is 0 Å². The van der Waals surface area contributed by atoms with Gasteiger partial charge in [-0.15, -0.1) is 0 Å². The van der Waals surface area contributed by atoms with Gasteiger partial charge in [-0.2, -0.15) is 9.99 Å². The maximum absolute atomic E-state index is 11.4. The number of aromatic nitrogens is 1. The van der Waals surface area contributed by atoms with Crippen molar-refractivity contribution in [2.75, 3.05) is 0 Å². The molecule has 2 rings (SSSR count). The van der Waals surface area contributed by atoms with Crippen molar-refractivity contribution in [1.29, 1.82) is 5.26 Å². The molecule has 0 aliphatic heterocycles. The van der Waals surface area contributed by atoms with E-state index < -0.39 is 0 Å². The highest BCUT2D eigenvalue weighted by atomic mass is 32.2. The molecule has 4 heteroatoms. The SMILES string of the molecule is N#Cc1ccccc1CSc1cccc[n+]1[O-]. The van der Waals surface area contributed by atoms with Gasteiger partial charge in [0.25, 0.3) is 5.03 Å². The van der Waals surface area contributed by atoms with E-state index in [4.69, 9.17) is 5.26 Å². The van der Waals surface area contributed by atoms with E-state index in [1.165, 1.54) is 18.0 Å². The third kappa shape index (κ3) is 2.77. The number of rotatable bonds is 3. The fraction of sp³-hybridized carbons (Fsp3) is 0.0769. The molecule has 0 fully saturated rings. The van der Waals surface area contributed by atoms with Crippen LogP contribution in [0.25, 0.3) is 0 Å². The summed E-state index contributed by atoms with van der Waals surface area (Å²) in [6.45, 7) is 0. The highest BCUT2D eigenvalue weighted by Gasteiger charge is 2.07. The average molecular weight is 242 g/mol. The van der Waals surface area contributed by atoms with Crippen LogP contribution < -0.4 is 4.73 Å². The van der Waals surface area contributed by atoms with E-state index in [-0.39, 0.29) is 0 Å². The van der Waals surface area contributed by atoms with Gasteiger partial charge < -0.3 is 5.21 Å². The molecule has 0 spiro atoms. The molecule has 1 aromatic heterocycles. The summed E-state index contributed by atoms with van der Waals surface area (Å²) in [5.41, 5.74) is 1.61. The second kappa shape index (κ2) is 5.37. The van der Waals surface area contributed by atoms with Crippen LogP contribution in [0.3, 0.4) is 0 Å². The van der Waals surface area contributed by atoms with Crippen molar-refractivity contribution >= 4 is 11.8 Å². The van der Waals surface area contributed by atoms with E-state index in [1.54, 1.807) is 18.2 Å². The lowest BCUT2D eigenvalue weighted by Crippen LogP contribution is -2.27. The van der Waals surface area contributed by atoms with Gasteiger partial charge in [0.1, 0.15) is 0 Å². The van der Waals surface area contributed by atoms with Crippen molar-refractivity contribution in [2.45, 2.75) is 10.8 Å². The summed E-state index contributed by atoms with van der Waals surface area (Å²) in [4.78, 5) is 0. The van der Waals surface area contributed by atoms with E-state index in [1.807, 2.05) is 24.3 Å². The molecule has 1 heterocycles. The van der Waals surface area contributed by atoms with Crippen LogP contribution in [0.15, 0.2) is 53.7 Å². The van der Waals surface area contributed by atoms with Crippen molar-refractivity contribution in [3.05, 3.63) is 65.0 Å². The van der Waals surface area contributed by atoms with Gasteiger partial charge >= 0.3 is 0 Å². The molecule has 0 unspecified atom stereocenters. The topological polar surface area (TPSA) is 50.7 Å². The Kier molecular flexibility index (Phi) is 3.63. The highest BCUT2D eigenvalue weighted by molar-refractivity contribution is 7.98. The Balaban J connectivity index is 2.13. The summed E-state index contributed by atoms with van der Waals surface area (Å²) in [5, 5.41) is 21.0. The molecule has 0 aliphatic rings. The van der Waals surface area contributed by atoms with Gasteiger partial charge in [-0.05, 0) is 17.7 Å². The van der Waals surface area contributed by atoms with Crippen LogP contribution >= 0.6 is 11.8 Å². The minimum Gasteiger partial charge on any atom is -0.618 e. The molecule has 17 heavy (non-hydrogen) atoms. The molecule has 0 saturated heterocycles. The van der Waals surface area contributed by atoms with Crippen LogP contribution in [0.1, 0.15) is 11.1 Å². The number of pyridine rings is 1. The lowest BCUT2D eigenvalue weighted by molar-refractivity contribution is -0.645. The minimum absolute atomic E-state index is 0.621. The quantitative estimate of drug-likeness (QED) is 0.472. The zero-order chi connectivity index (χ0) is 12.1. The van der Waals surface area contributed by atoms with Crippen molar-refractivity contribution in [3.63, 3.8) is 0 Å². The second-order valence-corrected chi connectivity index (χ2v) is 4.42. The van der Waals surface area contributed by atoms with E-state index in [9.17, 15) is 5.21 Å². The van der Waals surface area contributed by atoms with E-state index in [0.717, 1.165) is 10.3 Å². The van der Waals surface area contributed by atoms with Crippen molar-refractivity contribution in [3.8, 4) is 6.07 Å². The third-order valence-corrected chi connectivity index (χ3v) is 3.37. The number of thioether (sulfide) groups is 1. The fourth-order valence-electron chi connectivity index (χ4n) is 1.43. The van der Waals surface area contributed by atoms with E-state index in [0.29, 0.717) is 16.3 Å². The number of nitrogens with zero attached hydrogens (tertiary/aromatic N) is 2. The normalized spacial score (nSPS) is 9.82. The summed E-state index contributed by atoms with van der Waals surface area (Å²) >= 11 is 1.43. The van der Waals surface area contributed by atoms with Crippen LogP contribution in [-0.4, -0.2) is 0 Å². The molecule has 0 bridgehead atoms. The number of benzene rings is 1. The predicted molar refractivity (Wildman–Crippen MR) is 66.1 cm³/mol. The molecular formula is C13H10N2OS. The molecule has 0 saturated carbocycles. The Hall–Kier alpha value is -1.99. The Morgan fingerprint density at radius 1 is 1.18 bits per heavy atom. The van der Waals surface area contributed by atoms with E-state index >= 15 is 0 Å². The average Bonchev–Trinajstić information content (AvgIpc) is 2.38. The van der Waals surface area contributed by atoms with Gasteiger partial charge in [0.15, 0.2) is 6.20 Å². The first-order valence-electron chi connectivity index (χ1n) is 5.10. The zero-order valence-electron chi connectivity index (χ0n) is 9.04. The smallest absolute Gasteiger partial charge is 0.251 e. The van der Waals surface area contributed by atoms with Gasteiger partial charge in [0, 0.05) is 17.9 Å². The van der Waals surface area contributed by atoms with Crippen LogP contribution in [-0.2, 0) is 5.75 Å². The van der Waals surface area contributed by atoms with Crippen molar-refractivity contribution < 1.29 is 4.73 Å². The molecule has 3 nitrogen and oxygen atoms in total. The molecule has 0 atom stereocenters. The fourth-order valence-corrected chi connectivity index (χ4v) is 2.35. The predicted octanol–water partition coefficient (Wildman–Crippen LogP) is 2.48. The largest absolute Gasteiger partial charge is 0.618 e. The first kappa shape index (κ1) is 11.5. The Morgan fingerprint density at radius 2 is 1.94 bits per heavy atom. The Labute approximate surface area is 104 Å². The lowest BCUT2D eigenvalue weighted by atomic mass is 10.1. The van der Waals surface area contributed by atoms with Gasteiger partial charge in [-0.1, -0.05) is 30.0 Å². The molecule has 0 aliphatic carbocycles. The molecule has 0 radical (unpaired) electrons. The number of hydrogen-bond donors (Lipinski definition) is 0. The van der Waals surface area contributed by atoms with Gasteiger partial charge in [-0.3, -0.25) is 0 Å². The molecule has 2 aromatic rings. The van der Waals surface area contributed by atoms with Gasteiger partial charge in [0.05, 0.1) is 11.6 Å². The second-order valence-electron chi connectivity index (χ2n) is 3.42. The molecule has 1 aromatic carbocycles.